The van der Waals surface area contributed by atoms with Gasteiger partial charge < -0.3 is 5.73 Å². The standard InChI is InChI=1S/C18H18FNS/c19-17-7-3-1-5-14(17)9-13(11-20)10-15-12-21-18-8-4-2-6-16(15)18/h1-8,12-13H,9-11,20H2. The summed E-state index contributed by atoms with van der Waals surface area (Å²) in [7, 11) is 0. The third kappa shape index (κ3) is 3.14. The van der Waals surface area contributed by atoms with Crippen molar-refractivity contribution in [2.45, 2.75) is 12.8 Å². The lowest BCUT2D eigenvalue weighted by Gasteiger charge is -2.15. The SMILES string of the molecule is NCC(Cc1ccccc1F)Cc1csc2ccccc12. The van der Waals surface area contributed by atoms with Crippen molar-refractivity contribution < 1.29 is 4.39 Å². The van der Waals surface area contributed by atoms with Crippen LogP contribution in [0.4, 0.5) is 4.39 Å². The van der Waals surface area contributed by atoms with Gasteiger partial charge in [0.2, 0.25) is 0 Å². The first-order valence-corrected chi connectivity index (χ1v) is 8.04. The molecule has 3 rings (SSSR count). The van der Waals surface area contributed by atoms with Crippen LogP contribution >= 0.6 is 11.3 Å². The van der Waals surface area contributed by atoms with Crippen LogP contribution in [0.3, 0.4) is 0 Å². The van der Waals surface area contributed by atoms with Crippen LogP contribution in [0.2, 0.25) is 0 Å². The Kier molecular flexibility index (Phi) is 4.32. The van der Waals surface area contributed by atoms with Crippen LogP contribution in [-0.4, -0.2) is 6.54 Å². The minimum atomic E-state index is -0.133. The summed E-state index contributed by atoms with van der Waals surface area (Å²) >= 11 is 1.76. The Hall–Kier alpha value is -1.71. The van der Waals surface area contributed by atoms with Crippen molar-refractivity contribution in [3.8, 4) is 0 Å². The van der Waals surface area contributed by atoms with E-state index in [4.69, 9.17) is 5.73 Å². The van der Waals surface area contributed by atoms with Crippen molar-refractivity contribution in [1.82, 2.24) is 0 Å². The first-order chi connectivity index (χ1) is 10.3. The molecule has 1 nitrogen and oxygen atoms in total. The summed E-state index contributed by atoms with van der Waals surface area (Å²) < 4.78 is 15.1. The fraction of sp³-hybridized carbons (Fsp3) is 0.222. The molecule has 2 N–H and O–H groups in total. The Balaban J connectivity index is 1.80. The van der Waals surface area contributed by atoms with Crippen molar-refractivity contribution in [3.05, 3.63) is 70.9 Å². The quantitative estimate of drug-likeness (QED) is 0.742. The van der Waals surface area contributed by atoms with Crippen molar-refractivity contribution >= 4 is 21.4 Å². The molecule has 3 heteroatoms. The van der Waals surface area contributed by atoms with Crippen LogP contribution in [0.15, 0.2) is 53.9 Å². The minimum Gasteiger partial charge on any atom is -0.330 e. The molecule has 0 aliphatic heterocycles. The van der Waals surface area contributed by atoms with Crippen molar-refractivity contribution in [1.29, 1.82) is 0 Å². The van der Waals surface area contributed by atoms with Gasteiger partial charge in [0, 0.05) is 4.70 Å². The van der Waals surface area contributed by atoms with Gasteiger partial charge in [0.05, 0.1) is 0 Å². The third-order valence-electron chi connectivity index (χ3n) is 3.87. The van der Waals surface area contributed by atoms with Gasteiger partial charge in [-0.05, 0) is 59.3 Å². The number of thiophene rings is 1. The second kappa shape index (κ2) is 6.37. The Bertz CT molecular complexity index is 735. The number of nitrogens with two attached hydrogens (primary N) is 1. The summed E-state index contributed by atoms with van der Waals surface area (Å²) in [5, 5.41) is 3.50. The lowest BCUT2D eigenvalue weighted by Crippen LogP contribution is -2.19. The number of halogens is 1. The summed E-state index contributed by atoms with van der Waals surface area (Å²) in [6.45, 7) is 0.568. The summed E-state index contributed by atoms with van der Waals surface area (Å²) in [5.41, 5.74) is 7.99. The third-order valence-corrected chi connectivity index (χ3v) is 4.88. The molecule has 1 aromatic heterocycles. The van der Waals surface area contributed by atoms with Gasteiger partial charge in [-0.3, -0.25) is 0 Å². The summed E-state index contributed by atoms with van der Waals surface area (Å²) in [6, 6.07) is 15.4. The summed E-state index contributed by atoms with van der Waals surface area (Å²) in [5.74, 6) is 0.131. The Morgan fingerprint density at radius 1 is 0.952 bits per heavy atom. The highest BCUT2D eigenvalue weighted by molar-refractivity contribution is 7.17. The zero-order valence-electron chi connectivity index (χ0n) is 11.8. The zero-order chi connectivity index (χ0) is 14.7. The lowest BCUT2D eigenvalue weighted by molar-refractivity contribution is 0.513. The van der Waals surface area contributed by atoms with Crippen LogP contribution in [0, 0.1) is 11.7 Å². The first kappa shape index (κ1) is 14.2. The Morgan fingerprint density at radius 3 is 2.48 bits per heavy atom. The lowest BCUT2D eigenvalue weighted by atomic mass is 9.92. The highest BCUT2D eigenvalue weighted by atomic mass is 32.1. The molecule has 108 valence electrons. The van der Waals surface area contributed by atoms with Gasteiger partial charge in [-0.25, -0.2) is 4.39 Å². The Morgan fingerprint density at radius 2 is 1.67 bits per heavy atom. The van der Waals surface area contributed by atoms with Gasteiger partial charge in [0.25, 0.3) is 0 Å². The smallest absolute Gasteiger partial charge is 0.126 e. The molecule has 3 aromatic rings. The van der Waals surface area contributed by atoms with Crippen LogP contribution in [0.5, 0.6) is 0 Å². The summed E-state index contributed by atoms with van der Waals surface area (Å²) in [4.78, 5) is 0. The molecule has 0 amide bonds. The normalized spacial score (nSPS) is 12.7. The maximum atomic E-state index is 13.8. The summed E-state index contributed by atoms with van der Waals surface area (Å²) in [6.07, 6.45) is 1.59. The molecular weight excluding hydrogens is 281 g/mol. The van der Waals surface area contributed by atoms with Gasteiger partial charge in [0.15, 0.2) is 0 Å². The molecule has 0 spiro atoms. The van der Waals surface area contributed by atoms with Gasteiger partial charge in [-0.15, -0.1) is 11.3 Å². The van der Waals surface area contributed by atoms with E-state index in [0.717, 1.165) is 12.0 Å². The predicted molar refractivity (Wildman–Crippen MR) is 88.2 cm³/mol. The molecule has 0 aliphatic rings. The maximum absolute atomic E-state index is 13.8. The molecule has 0 fully saturated rings. The first-order valence-electron chi connectivity index (χ1n) is 7.16. The second-order valence-electron chi connectivity index (χ2n) is 5.36. The molecule has 21 heavy (non-hydrogen) atoms. The fourth-order valence-electron chi connectivity index (χ4n) is 2.72. The van der Waals surface area contributed by atoms with E-state index >= 15 is 0 Å². The maximum Gasteiger partial charge on any atom is 0.126 e. The molecule has 0 saturated carbocycles. The van der Waals surface area contributed by atoms with E-state index in [2.05, 4.69) is 29.6 Å². The molecule has 0 saturated heterocycles. The van der Waals surface area contributed by atoms with Gasteiger partial charge in [-0.2, -0.15) is 0 Å². The van der Waals surface area contributed by atoms with E-state index in [9.17, 15) is 4.39 Å². The van der Waals surface area contributed by atoms with Gasteiger partial charge in [0.1, 0.15) is 5.82 Å². The Labute approximate surface area is 128 Å². The topological polar surface area (TPSA) is 26.0 Å². The highest BCUT2D eigenvalue weighted by Gasteiger charge is 2.14. The predicted octanol–water partition coefficient (Wildman–Crippen LogP) is 4.40. The van der Waals surface area contributed by atoms with Crippen LogP contribution in [0.25, 0.3) is 10.1 Å². The molecule has 1 unspecified atom stereocenters. The molecular formula is C18H18FNS. The minimum absolute atomic E-state index is 0.133. The molecule has 1 atom stereocenters. The van der Waals surface area contributed by atoms with E-state index in [-0.39, 0.29) is 11.7 Å². The number of hydrogen-bond donors (Lipinski definition) is 1. The second-order valence-corrected chi connectivity index (χ2v) is 6.27. The van der Waals surface area contributed by atoms with E-state index < -0.39 is 0 Å². The van der Waals surface area contributed by atoms with Crippen LogP contribution in [0.1, 0.15) is 11.1 Å². The van der Waals surface area contributed by atoms with Crippen molar-refractivity contribution in [3.63, 3.8) is 0 Å². The van der Waals surface area contributed by atoms with E-state index in [1.54, 1.807) is 17.4 Å². The van der Waals surface area contributed by atoms with Gasteiger partial charge >= 0.3 is 0 Å². The van der Waals surface area contributed by atoms with E-state index in [0.29, 0.717) is 13.0 Å². The number of hydrogen-bond acceptors (Lipinski definition) is 2. The molecule has 0 radical (unpaired) electrons. The van der Waals surface area contributed by atoms with E-state index in [1.807, 2.05) is 12.1 Å². The zero-order valence-corrected chi connectivity index (χ0v) is 12.6. The average Bonchev–Trinajstić information content (AvgIpc) is 2.92. The van der Waals surface area contributed by atoms with Crippen molar-refractivity contribution in [2.24, 2.45) is 11.7 Å². The van der Waals surface area contributed by atoms with Gasteiger partial charge in [-0.1, -0.05) is 36.4 Å². The highest BCUT2D eigenvalue weighted by Crippen LogP contribution is 2.28. The van der Waals surface area contributed by atoms with E-state index in [1.165, 1.54) is 21.7 Å². The molecule has 2 aromatic carbocycles. The average molecular weight is 299 g/mol. The fourth-order valence-corrected chi connectivity index (χ4v) is 3.69. The monoisotopic (exact) mass is 299 g/mol. The number of rotatable bonds is 5. The van der Waals surface area contributed by atoms with Crippen LogP contribution < -0.4 is 5.73 Å². The molecule has 0 aliphatic carbocycles. The number of fused-ring (bicyclic) bond motifs is 1. The molecule has 0 bridgehead atoms. The largest absolute Gasteiger partial charge is 0.330 e. The number of benzene rings is 2. The van der Waals surface area contributed by atoms with Crippen LogP contribution in [-0.2, 0) is 12.8 Å². The molecule has 1 heterocycles. The van der Waals surface area contributed by atoms with Crippen molar-refractivity contribution in [2.75, 3.05) is 6.54 Å².